The molecule has 2 atom stereocenters. The molecule has 0 saturated carbocycles. The van der Waals surface area contributed by atoms with Crippen molar-refractivity contribution >= 4 is 15.9 Å². The Balaban J connectivity index is 2.94. The number of alkyl halides is 1. The van der Waals surface area contributed by atoms with Crippen LogP contribution in [0.15, 0.2) is 18.2 Å². The summed E-state index contributed by atoms with van der Waals surface area (Å²) in [6.07, 6.45) is 0.958. The minimum Gasteiger partial charge on any atom is -0.496 e. The Morgan fingerprint density at radius 1 is 1.40 bits per heavy atom. The highest BCUT2D eigenvalue weighted by atomic mass is 79.9. The first kappa shape index (κ1) is 12.5. The Morgan fingerprint density at radius 2 is 2.07 bits per heavy atom. The molecule has 2 unspecified atom stereocenters. The zero-order valence-corrected chi connectivity index (χ0v) is 10.8. The van der Waals surface area contributed by atoms with Gasteiger partial charge in [-0.15, -0.1) is 0 Å². The molecule has 1 aromatic rings. The summed E-state index contributed by atoms with van der Waals surface area (Å²) < 4.78 is 18.3. The van der Waals surface area contributed by atoms with Gasteiger partial charge < -0.3 is 4.74 Å². The standard InChI is InChI=1S/C12H16BrFO/c1-8(6-9(2)13)11-7-10(14)4-5-12(11)15-3/h4-5,7-9H,6H2,1-3H3. The van der Waals surface area contributed by atoms with Crippen molar-refractivity contribution in [2.75, 3.05) is 7.11 Å². The van der Waals surface area contributed by atoms with Gasteiger partial charge >= 0.3 is 0 Å². The molecule has 0 N–H and O–H groups in total. The van der Waals surface area contributed by atoms with Crippen LogP contribution < -0.4 is 4.74 Å². The van der Waals surface area contributed by atoms with Gasteiger partial charge in [0.2, 0.25) is 0 Å². The molecule has 3 heteroatoms. The van der Waals surface area contributed by atoms with Crippen molar-refractivity contribution in [3.63, 3.8) is 0 Å². The van der Waals surface area contributed by atoms with Crippen molar-refractivity contribution in [1.82, 2.24) is 0 Å². The molecule has 0 aliphatic carbocycles. The van der Waals surface area contributed by atoms with Gasteiger partial charge in [-0.25, -0.2) is 4.39 Å². The average Bonchev–Trinajstić information content (AvgIpc) is 2.16. The third-order valence-electron chi connectivity index (χ3n) is 2.40. The summed E-state index contributed by atoms with van der Waals surface area (Å²) in [4.78, 5) is 0.417. The van der Waals surface area contributed by atoms with Gasteiger partial charge in [0.05, 0.1) is 7.11 Å². The van der Waals surface area contributed by atoms with E-state index >= 15 is 0 Å². The van der Waals surface area contributed by atoms with Crippen LogP contribution in [0.1, 0.15) is 31.7 Å². The molecule has 0 saturated heterocycles. The number of hydrogen-bond acceptors (Lipinski definition) is 1. The molecule has 0 aliphatic heterocycles. The van der Waals surface area contributed by atoms with Gasteiger partial charge in [0.1, 0.15) is 11.6 Å². The molecule has 0 heterocycles. The van der Waals surface area contributed by atoms with Crippen LogP contribution in [0, 0.1) is 5.82 Å². The van der Waals surface area contributed by atoms with Crippen molar-refractivity contribution in [1.29, 1.82) is 0 Å². The maximum atomic E-state index is 13.1. The fourth-order valence-electron chi connectivity index (χ4n) is 1.70. The minimum atomic E-state index is -0.208. The Kier molecular flexibility index (Phi) is 4.58. The van der Waals surface area contributed by atoms with Crippen LogP contribution in [0.25, 0.3) is 0 Å². The molecule has 1 aromatic carbocycles. The topological polar surface area (TPSA) is 9.23 Å². The van der Waals surface area contributed by atoms with Crippen LogP contribution in [0.4, 0.5) is 4.39 Å². The summed E-state index contributed by atoms with van der Waals surface area (Å²) in [5.41, 5.74) is 0.934. The van der Waals surface area contributed by atoms with Crippen LogP contribution in [0.3, 0.4) is 0 Å². The number of benzene rings is 1. The normalized spacial score (nSPS) is 14.7. The van der Waals surface area contributed by atoms with Crippen LogP contribution in [0.5, 0.6) is 5.75 Å². The molecule has 84 valence electrons. The smallest absolute Gasteiger partial charge is 0.123 e. The molecule has 0 aliphatic rings. The fraction of sp³-hybridized carbons (Fsp3) is 0.500. The van der Waals surface area contributed by atoms with E-state index in [1.165, 1.54) is 6.07 Å². The summed E-state index contributed by atoms with van der Waals surface area (Å²) in [5.74, 6) is 0.835. The van der Waals surface area contributed by atoms with Crippen LogP contribution in [-0.2, 0) is 0 Å². The first-order valence-corrected chi connectivity index (χ1v) is 5.93. The zero-order chi connectivity index (χ0) is 11.4. The molecule has 0 fully saturated rings. The number of hydrogen-bond donors (Lipinski definition) is 0. The summed E-state index contributed by atoms with van der Waals surface area (Å²) in [5, 5.41) is 0. The van der Waals surface area contributed by atoms with E-state index in [1.807, 2.05) is 0 Å². The van der Waals surface area contributed by atoms with E-state index in [4.69, 9.17) is 4.74 Å². The van der Waals surface area contributed by atoms with Gasteiger partial charge in [0.15, 0.2) is 0 Å². The largest absolute Gasteiger partial charge is 0.496 e. The predicted molar refractivity (Wildman–Crippen MR) is 64.4 cm³/mol. The van der Waals surface area contributed by atoms with E-state index in [1.54, 1.807) is 19.2 Å². The van der Waals surface area contributed by atoms with Crippen molar-refractivity contribution in [2.45, 2.75) is 31.0 Å². The predicted octanol–water partition coefficient (Wildman–Crippen LogP) is 4.11. The first-order valence-electron chi connectivity index (χ1n) is 5.02. The number of methoxy groups -OCH3 is 1. The Morgan fingerprint density at radius 3 is 2.60 bits per heavy atom. The van der Waals surface area contributed by atoms with Gasteiger partial charge in [-0.2, -0.15) is 0 Å². The summed E-state index contributed by atoms with van der Waals surface area (Å²) in [6, 6.07) is 4.66. The molecule has 0 spiro atoms. The third kappa shape index (κ3) is 3.49. The second-order valence-electron chi connectivity index (χ2n) is 3.80. The van der Waals surface area contributed by atoms with E-state index in [-0.39, 0.29) is 11.7 Å². The average molecular weight is 275 g/mol. The molecule has 1 rings (SSSR count). The third-order valence-corrected chi connectivity index (χ3v) is 2.77. The highest BCUT2D eigenvalue weighted by Gasteiger charge is 2.14. The number of ether oxygens (including phenoxy) is 1. The quantitative estimate of drug-likeness (QED) is 0.751. The zero-order valence-electron chi connectivity index (χ0n) is 9.26. The first-order chi connectivity index (χ1) is 7.04. The molecular weight excluding hydrogens is 259 g/mol. The van der Waals surface area contributed by atoms with Crippen molar-refractivity contribution < 1.29 is 9.13 Å². The highest BCUT2D eigenvalue weighted by Crippen LogP contribution is 2.31. The summed E-state index contributed by atoms with van der Waals surface area (Å²) >= 11 is 3.50. The van der Waals surface area contributed by atoms with Crippen molar-refractivity contribution in [3.8, 4) is 5.75 Å². The Hall–Kier alpha value is -0.570. The van der Waals surface area contributed by atoms with Crippen molar-refractivity contribution in [3.05, 3.63) is 29.6 Å². The van der Waals surface area contributed by atoms with Gasteiger partial charge in [0.25, 0.3) is 0 Å². The Bertz CT molecular complexity index is 325. The molecule has 0 aromatic heterocycles. The Labute approximate surface area is 98.8 Å². The lowest BCUT2D eigenvalue weighted by Gasteiger charge is -2.16. The number of halogens is 2. The molecular formula is C12H16BrFO. The van der Waals surface area contributed by atoms with Crippen molar-refractivity contribution in [2.24, 2.45) is 0 Å². The van der Waals surface area contributed by atoms with Crippen LogP contribution >= 0.6 is 15.9 Å². The lowest BCUT2D eigenvalue weighted by Crippen LogP contribution is -2.03. The molecule has 0 amide bonds. The minimum absolute atomic E-state index is 0.208. The van der Waals surface area contributed by atoms with Crippen LogP contribution in [-0.4, -0.2) is 11.9 Å². The fourth-order valence-corrected chi connectivity index (χ4v) is 2.27. The van der Waals surface area contributed by atoms with Gasteiger partial charge in [-0.3, -0.25) is 0 Å². The van der Waals surface area contributed by atoms with E-state index in [0.29, 0.717) is 4.83 Å². The molecule has 1 nitrogen and oxygen atoms in total. The lowest BCUT2D eigenvalue weighted by molar-refractivity contribution is 0.404. The number of rotatable bonds is 4. The highest BCUT2D eigenvalue weighted by molar-refractivity contribution is 9.09. The molecule has 15 heavy (non-hydrogen) atoms. The maximum Gasteiger partial charge on any atom is 0.123 e. The maximum absolute atomic E-state index is 13.1. The van der Waals surface area contributed by atoms with E-state index in [0.717, 1.165) is 17.7 Å². The summed E-state index contributed by atoms with van der Waals surface area (Å²) in [6.45, 7) is 4.16. The summed E-state index contributed by atoms with van der Waals surface area (Å²) in [7, 11) is 1.61. The van der Waals surface area contributed by atoms with E-state index < -0.39 is 0 Å². The molecule has 0 radical (unpaired) electrons. The SMILES string of the molecule is COc1ccc(F)cc1C(C)CC(C)Br. The monoisotopic (exact) mass is 274 g/mol. The second kappa shape index (κ2) is 5.50. The molecule has 0 bridgehead atoms. The van der Waals surface area contributed by atoms with E-state index in [9.17, 15) is 4.39 Å². The van der Waals surface area contributed by atoms with Gasteiger partial charge in [-0.05, 0) is 36.1 Å². The van der Waals surface area contributed by atoms with Crippen LogP contribution in [0.2, 0.25) is 0 Å². The van der Waals surface area contributed by atoms with E-state index in [2.05, 4.69) is 29.8 Å². The van der Waals surface area contributed by atoms with Gasteiger partial charge in [-0.1, -0.05) is 29.8 Å². The van der Waals surface area contributed by atoms with Gasteiger partial charge in [0, 0.05) is 4.83 Å². The second-order valence-corrected chi connectivity index (χ2v) is 5.37. The lowest BCUT2D eigenvalue weighted by atomic mass is 9.95.